The van der Waals surface area contributed by atoms with Crippen LogP contribution in [0.1, 0.15) is 27.0 Å². The second-order valence-electron chi connectivity index (χ2n) is 6.44. The third kappa shape index (κ3) is 3.30. The number of rotatable bonds is 4. The molecule has 1 aliphatic carbocycles. The SMILES string of the molecule is NC1=Cc2cccc(C(=O)c3cccc(N)c3)c2C(O)(S(=O)(=O)O)C1S(=O)(=O)O. The average Bonchev–Trinajstić information content (AvgIpc) is 2.58. The van der Waals surface area contributed by atoms with Gasteiger partial charge >= 0.3 is 10.1 Å². The molecule has 2 aromatic carbocycles. The maximum Gasteiger partial charge on any atom is 0.301 e. The van der Waals surface area contributed by atoms with E-state index < -0.39 is 53.0 Å². The Morgan fingerprint density at radius 3 is 2.17 bits per heavy atom. The first-order valence-corrected chi connectivity index (χ1v) is 10.9. The van der Waals surface area contributed by atoms with Crippen LogP contribution in [0.15, 0.2) is 48.2 Å². The van der Waals surface area contributed by atoms with Crippen molar-refractivity contribution in [1.29, 1.82) is 0 Å². The highest BCUT2D eigenvalue weighted by Crippen LogP contribution is 2.44. The van der Waals surface area contributed by atoms with E-state index in [0.717, 1.165) is 12.1 Å². The molecule has 0 radical (unpaired) electrons. The highest BCUT2D eigenvalue weighted by molar-refractivity contribution is 7.90. The molecule has 0 fully saturated rings. The molecule has 154 valence electrons. The van der Waals surface area contributed by atoms with Crippen molar-refractivity contribution in [3.63, 3.8) is 0 Å². The van der Waals surface area contributed by atoms with Crippen LogP contribution in [-0.4, -0.2) is 42.1 Å². The van der Waals surface area contributed by atoms with Gasteiger partial charge in [-0.05, 0) is 23.8 Å². The molecule has 3 rings (SSSR count). The normalized spacial score (nSPS) is 21.9. The number of benzene rings is 2. The van der Waals surface area contributed by atoms with Gasteiger partial charge < -0.3 is 16.6 Å². The van der Waals surface area contributed by atoms with Gasteiger partial charge in [-0.15, -0.1) is 0 Å². The van der Waals surface area contributed by atoms with Crippen molar-refractivity contribution in [2.45, 2.75) is 10.2 Å². The smallest absolute Gasteiger partial charge is 0.301 e. The van der Waals surface area contributed by atoms with E-state index in [9.17, 15) is 35.8 Å². The standard InChI is InChI=1S/C17H16N2O8S2/c18-11-5-1-4-10(7-11)15(20)12-6-2-3-9-8-13(19)16(28(22,23)24)17(21,14(9)12)29(25,26)27/h1-8,16,21H,18-19H2,(H,22,23,24)(H,25,26,27). The van der Waals surface area contributed by atoms with Gasteiger partial charge in [-0.3, -0.25) is 13.9 Å². The van der Waals surface area contributed by atoms with Crippen LogP contribution < -0.4 is 11.5 Å². The van der Waals surface area contributed by atoms with Crippen LogP contribution in [0.5, 0.6) is 0 Å². The first kappa shape index (κ1) is 21.0. The van der Waals surface area contributed by atoms with E-state index in [0.29, 0.717) is 0 Å². The lowest BCUT2D eigenvalue weighted by Gasteiger charge is -2.37. The summed E-state index contributed by atoms with van der Waals surface area (Å²) in [6.07, 6.45) is 0.990. The van der Waals surface area contributed by atoms with Gasteiger partial charge in [-0.2, -0.15) is 16.8 Å². The summed E-state index contributed by atoms with van der Waals surface area (Å²) in [6, 6.07) is 9.38. The number of ketones is 1. The van der Waals surface area contributed by atoms with Crippen molar-refractivity contribution in [2.75, 3.05) is 5.73 Å². The summed E-state index contributed by atoms with van der Waals surface area (Å²) >= 11 is 0. The van der Waals surface area contributed by atoms with Gasteiger partial charge in [-0.25, -0.2) is 0 Å². The lowest BCUT2D eigenvalue weighted by molar-refractivity contribution is 0.0984. The zero-order chi connectivity index (χ0) is 21.8. The lowest BCUT2D eigenvalue weighted by Crippen LogP contribution is -2.54. The zero-order valence-electron chi connectivity index (χ0n) is 14.6. The minimum atomic E-state index is -5.63. The van der Waals surface area contributed by atoms with Gasteiger partial charge in [-0.1, -0.05) is 30.3 Å². The van der Waals surface area contributed by atoms with Gasteiger partial charge in [0.15, 0.2) is 11.0 Å². The molecule has 0 spiro atoms. The van der Waals surface area contributed by atoms with Gasteiger partial charge in [0.05, 0.1) is 0 Å². The van der Waals surface area contributed by atoms with Gasteiger partial charge in [0.25, 0.3) is 10.1 Å². The minimum absolute atomic E-state index is 0.0158. The molecule has 7 N–H and O–H groups in total. The fourth-order valence-corrected chi connectivity index (χ4v) is 5.92. The largest absolute Gasteiger partial charge is 0.401 e. The fourth-order valence-electron chi connectivity index (χ4n) is 3.37. The van der Waals surface area contributed by atoms with E-state index in [1.165, 1.54) is 36.4 Å². The maximum absolute atomic E-state index is 13.0. The summed E-state index contributed by atoms with van der Waals surface area (Å²) in [5.41, 5.74) is 9.47. The number of hydrogen-bond donors (Lipinski definition) is 5. The highest BCUT2D eigenvalue weighted by Gasteiger charge is 2.60. The Bertz CT molecular complexity index is 1270. The molecule has 0 heterocycles. The number of fused-ring (bicyclic) bond motifs is 1. The summed E-state index contributed by atoms with van der Waals surface area (Å²) < 4.78 is 67.3. The van der Waals surface area contributed by atoms with Gasteiger partial charge in [0, 0.05) is 28.1 Å². The lowest BCUT2D eigenvalue weighted by atomic mass is 9.85. The summed E-state index contributed by atoms with van der Waals surface area (Å²) in [4.78, 5) is 9.38. The molecule has 0 aromatic heterocycles. The Labute approximate surface area is 166 Å². The number of aliphatic hydroxyl groups is 1. The van der Waals surface area contributed by atoms with Crippen molar-refractivity contribution in [3.05, 3.63) is 70.4 Å². The first-order valence-electron chi connectivity index (χ1n) is 7.95. The number of nitrogens with two attached hydrogens (primary N) is 2. The fraction of sp³-hybridized carbons (Fsp3) is 0.118. The van der Waals surface area contributed by atoms with Crippen LogP contribution in [0.2, 0.25) is 0 Å². The predicted molar refractivity (Wildman–Crippen MR) is 104 cm³/mol. The van der Waals surface area contributed by atoms with E-state index in [2.05, 4.69) is 0 Å². The monoisotopic (exact) mass is 440 g/mol. The third-order valence-corrected chi connectivity index (χ3v) is 7.10. The number of carbonyl (C=O) groups excluding carboxylic acids is 1. The van der Waals surface area contributed by atoms with Crippen molar-refractivity contribution in [1.82, 2.24) is 0 Å². The van der Waals surface area contributed by atoms with Crippen LogP contribution in [0.3, 0.4) is 0 Å². The Morgan fingerprint density at radius 2 is 1.62 bits per heavy atom. The Balaban J connectivity index is 2.42. The Kier molecular flexibility index (Phi) is 4.80. The summed E-state index contributed by atoms with van der Waals surface area (Å²) in [5.74, 6) is -0.806. The van der Waals surface area contributed by atoms with Crippen LogP contribution in [-0.2, 0) is 25.2 Å². The number of hydrogen-bond acceptors (Lipinski definition) is 8. The van der Waals surface area contributed by atoms with Gasteiger partial charge in [0.1, 0.15) is 0 Å². The van der Waals surface area contributed by atoms with Gasteiger partial charge in [0.2, 0.25) is 4.93 Å². The van der Waals surface area contributed by atoms with E-state index in [-0.39, 0.29) is 16.8 Å². The molecule has 0 bridgehead atoms. The highest BCUT2D eigenvalue weighted by atomic mass is 32.2. The molecule has 2 aromatic rings. The van der Waals surface area contributed by atoms with Crippen LogP contribution in [0.4, 0.5) is 5.69 Å². The van der Waals surface area contributed by atoms with Crippen molar-refractivity contribution in [2.24, 2.45) is 5.73 Å². The quantitative estimate of drug-likeness (QED) is 0.247. The Morgan fingerprint density at radius 1 is 1.00 bits per heavy atom. The molecule has 0 saturated carbocycles. The van der Waals surface area contributed by atoms with E-state index >= 15 is 0 Å². The zero-order valence-corrected chi connectivity index (χ0v) is 16.2. The van der Waals surface area contributed by atoms with E-state index in [1.54, 1.807) is 0 Å². The van der Waals surface area contributed by atoms with E-state index in [1.807, 2.05) is 0 Å². The van der Waals surface area contributed by atoms with Crippen LogP contribution >= 0.6 is 0 Å². The maximum atomic E-state index is 13.0. The molecule has 1 aliphatic rings. The molecule has 29 heavy (non-hydrogen) atoms. The predicted octanol–water partition coefficient (Wildman–Crippen LogP) is 0.102. The number of nitrogen functional groups attached to an aromatic ring is 1. The second kappa shape index (κ2) is 6.64. The Hall–Kier alpha value is -2.77. The minimum Gasteiger partial charge on any atom is -0.401 e. The average molecular weight is 440 g/mol. The second-order valence-corrected chi connectivity index (χ2v) is 9.51. The molecule has 0 amide bonds. The summed E-state index contributed by atoms with van der Waals surface area (Å²) in [6.45, 7) is 0. The van der Waals surface area contributed by atoms with Crippen molar-refractivity contribution in [3.8, 4) is 0 Å². The summed E-state index contributed by atoms with van der Waals surface area (Å²) in [5, 5.41) is 8.32. The van der Waals surface area contributed by atoms with Crippen LogP contribution in [0, 0.1) is 0 Å². The third-order valence-electron chi connectivity index (χ3n) is 4.52. The molecule has 12 heteroatoms. The number of anilines is 1. The molecule has 0 saturated heterocycles. The van der Waals surface area contributed by atoms with Crippen LogP contribution in [0.25, 0.3) is 6.08 Å². The summed E-state index contributed by atoms with van der Waals surface area (Å²) in [7, 11) is -11.0. The van der Waals surface area contributed by atoms with Crippen molar-refractivity contribution >= 4 is 37.8 Å². The molecule has 0 aliphatic heterocycles. The molecular formula is C17H16N2O8S2. The molecule has 10 nitrogen and oxygen atoms in total. The molecule has 2 atom stereocenters. The number of carbonyl (C=O) groups is 1. The van der Waals surface area contributed by atoms with E-state index in [4.69, 9.17) is 11.5 Å². The van der Waals surface area contributed by atoms with Crippen molar-refractivity contribution < 1.29 is 35.8 Å². The topological polar surface area (TPSA) is 198 Å². The molecule has 2 unspecified atom stereocenters. The molecular weight excluding hydrogens is 424 g/mol. The first-order chi connectivity index (χ1) is 13.3.